The zero-order valence-corrected chi connectivity index (χ0v) is 9.99. The number of pyridine rings is 1. The minimum absolute atomic E-state index is 0.175. The first kappa shape index (κ1) is 11.5. The van der Waals surface area contributed by atoms with E-state index in [0.717, 1.165) is 9.88 Å². The molecule has 0 aliphatic carbocycles. The Hall–Kier alpha value is -1.95. The molecule has 0 aliphatic heterocycles. The van der Waals surface area contributed by atoms with Gasteiger partial charge in [-0.15, -0.1) is 11.3 Å². The van der Waals surface area contributed by atoms with Crippen molar-refractivity contribution in [3.05, 3.63) is 40.1 Å². The normalized spacial score (nSPS) is 10.2. The van der Waals surface area contributed by atoms with Crippen LogP contribution in [0.2, 0.25) is 0 Å². The molecule has 88 valence electrons. The maximum Gasteiger partial charge on any atom is 0.339 e. The molecule has 2 rings (SSSR count). The molecule has 6 heteroatoms. The average Bonchev–Trinajstić information content (AvgIpc) is 2.73. The number of nitrogens with one attached hydrogen (secondary N) is 1. The largest absolute Gasteiger partial charge is 0.478 e. The summed E-state index contributed by atoms with van der Waals surface area (Å²) in [4.78, 5) is 19.9. The van der Waals surface area contributed by atoms with Gasteiger partial charge in [0.05, 0.1) is 17.2 Å². The van der Waals surface area contributed by atoms with Gasteiger partial charge < -0.3 is 10.4 Å². The van der Waals surface area contributed by atoms with Gasteiger partial charge in [0, 0.05) is 23.5 Å². The number of aromatic carboxylic acids is 1. The van der Waals surface area contributed by atoms with Crippen LogP contribution in [0, 0.1) is 6.92 Å². The maximum atomic E-state index is 10.9. The number of anilines is 1. The fourth-order valence-corrected chi connectivity index (χ4v) is 2.12. The second-order valence-corrected chi connectivity index (χ2v) is 4.74. The van der Waals surface area contributed by atoms with Crippen molar-refractivity contribution in [2.24, 2.45) is 0 Å². The van der Waals surface area contributed by atoms with Crippen LogP contribution in [0.4, 0.5) is 5.69 Å². The van der Waals surface area contributed by atoms with Crippen LogP contribution in [-0.2, 0) is 6.54 Å². The third-order valence-electron chi connectivity index (χ3n) is 2.17. The van der Waals surface area contributed by atoms with Crippen LogP contribution in [0.3, 0.4) is 0 Å². The number of hydrogen-bond donors (Lipinski definition) is 2. The summed E-state index contributed by atoms with van der Waals surface area (Å²) < 4.78 is 0. The zero-order chi connectivity index (χ0) is 12.3. The van der Waals surface area contributed by atoms with Gasteiger partial charge in [0.25, 0.3) is 0 Å². The molecule has 0 aliphatic rings. The third-order valence-corrected chi connectivity index (χ3v) is 3.09. The van der Waals surface area contributed by atoms with E-state index < -0.39 is 5.97 Å². The Morgan fingerprint density at radius 1 is 1.53 bits per heavy atom. The molecule has 2 aromatic heterocycles. The summed E-state index contributed by atoms with van der Waals surface area (Å²) in [6.45, 7) is 2.50. The number of aromatic nitrogens is 2. The van der Waals surface area contributed by atoms with Crippen LogP contribution >= 0.6 is 11.3 Å². The summed E-state index contributed by atoms with van der Waals surface area (Å²) in [6, 6.07) is 1.65. The van der Waals surface area contributed by atoms with Gasteiger partial charge in [0.2, 0.25) is 0 Å². The van der Waals surface area contributed by atoms with Gasteiger partial charge in [-0.1, -0.05) is 0 Å². The lowest BCUT2D eigenvalue weighted by Gasteiger charge is -2.07. The summed E-state index contributed by atoms with van der Waals surface area (Å²) in [5, 5.41) is 13.0. The highest BCUT2D eigenvalue weighted by Gasteiger charge is 2.09. The van der Waals surface area contributed by atoms with E-state index in [2.05, 4.69) is 15.3 Å². The predicted octanol–water partition coefficient (Wildman–Crippen LogP) is 2.16. The maximum absolute atomic E-state index is 10.9. The first-order valence-corrected chi connectivity index (χ1v) is 5.81. The molecular formula is C11H11N3O2S. The molecule has 0 unspecified atom stereocenters. The van der Waals surface area contributed by atoms with E-state index in [-0.39, 0.29) is 5.56 Å². The van der Waals surface area contributed by atoms with Crippen molar-refractivity contribution in [1.82, 2.24) is 9.97 Å². The molecule has 2 heterocycles. The van der Waals surface area contributed by atoms with E-state index in [9.17, 15) is 4.79 Å². The minimum Gasteiger partial charge on any atom is -0.478 e. The Morgan fingerprint density at radius 3 is 3.00 bits per heavy atom. The van der Waals surface area contributed by atoms with E-state index in [1.807, 2.05) is 6.92 Å². The molecule has 0 radical (unpaired) electrons. The summed E-state index contributed by atoms with van der Waals surface area (Å²) in [6.07, 6.45) is 4.68. The van der Waals surface area contributed by atoms with E-state index in [1.165, 1.54) is 6.20 Å². The smallest absolute Gasteiger partial charge is 0.339 e. The van der Waals surface area contributed by atoms with Crippen LogP contribution in [-0.4, -0.2) is 21.0 Å². The van der Waals surface area contributed by atoms with Gasteiger partial charge in [0.15, 0.2) is 0 Å². The number of nitrogens with zero attached hydrogens (tertiary/aromatic N) is 2. The Bertz CT molecular complexity index is 539. The Kier molecular flexibility index (Phi) is 3.34. The molecule has 2 aromatic rings. The summed E-state index contributed by atoms with van der Waals surface area (Å²) >= 11 is 1.58. The number of aryl methyl sites for hydroxylation is 1. The van der Waals surface area contributed by atoms with Crippen molar-refractivity contribution < 1.29 is 9.90 Å². The molecule has 0 aromatic carbocycles. The lowest BCUT2D eigenvalue weighted by atomic mass is 10.2. The number of carboxylic acids is 1. The summed E-state index contributed by atoms with van der Waals surface area (Å²) in [5.41, 5.74) is 0.743. The van der Waals surface area contributed by atoms with Crippen molar-refractivity contribution in [1.29, 1.82) is 0 Å². The van der Waals surface area contributed by atoms with Crippen LogP contribution in [0.15, 0.2) is 24.7 Å². The topological polar surface area (TPSA) is 75.1 Å². The van der Waals surface area contributed by atoms with E-state index in [4.69, 9.17) is 5.11 Å². The van der Waals surface area contributed by atoms with Gasteiger partial charge in [-0.2, -0.15) is 0 Å². The van der Waals surface area contributed by atoms with Crippen molar-refractivity contribution in [3.8, 4) is 0 Å². The monoisotopic (exact) mass is 249 g/mol. The molecule has 17 heavy (non-hydrogen) atoms. The van der Waals surface area contributed by atoms with Crippen molar-refractivity contribution >= 4 is 23.0 Å². The van der Waals surface area contributed by atoms with Crippen LogP contribution < -0.4 is 5.32 Å². The number of carboxylic acid groups (broad SMARTS) is 1. The molecule has 5 nitrogen and oxygen atoms in total. The molecule has 0 saturated carbocycles. The molecular weight excluding hydrogens is 238 g/mol. The van der Waals surface area contributed by atoms with E-state index >= 15 is 0 Å². The van der Waals surface area contributed by atoms with Crippen molar-refractivity contribution in [2.75, 3.05) is 5.32 Å². The number of rotatable bonds is 4. The fraction of sp³-hybridized carbons (Fsp3) is 0.182. The first-order chi connectivity index (χ1) is 8.16. The molecule has 0 fully saturated rings. The number of thiazole rings is 1. The SMILES string of the molecule is Cc1ncc(CNc2ccncc2C(=O)O)s1. The highest BCUT2D eigenvalue weighted by atomic mass is 32.1. The second-order valence-electron chi connectivity index (χ2n) is 3.43. The fourth-order valence-electron chi connectivity index (χ4n) is 1.39. The highest BCUT2D eigenvalue weighted by molar-refractivity contribution is 7.11. The third kappa shape index (κ3) is 2.79. The molecule has 0 saturated heterocycles. The lowest BCUT2D eigenvalue weighted by Crippen LogP contribution is -2.06. The molecule has 2 N–H and O–H groups in total. The molecule has 0 amide bonds. The van der Waals surface area contributed by atoms with Gasteiger partial charge >= 0.3 is 5.97 Å². The summed E-state index contributed by atoms with van der Waals surface area (Å²) in [7, 11) is 0. The van der Waals surface area contributed by atoms with Crippen molar-refractivity contribution in [2.45, 2.75) is 13.5 Å². The van der Waals surface area contributed by atoms with Gasteiger partial charge in [0.1, 0.15) is 5.56 Å². The molecule has 0 atom stereocenters. The quantitative estimate of drug-likeness (QED) is 0.868. The number of carbonyl (C=O) groups is 1. The average molecular weight is 249 g/mol. The van der Waals surface area contributed by atoms with Crippen LogP contribution in [0.5, 0.6) is 0 Å². The standard InChI is InChI=1S/C11H11N3O2S/c1-7-13-4-8(17-7)5-14-10-2-3-12-6-9(10)11(15)16/h2-4,6H,5H2,1H3,(H,12,14)(H,15,16). The first-order valence-electron chi connectivity index (χ1n) is 4.99. The Labute approximate surface area is 102 Å². The predicted molar refractivity (Wildman–Crippen MR) is 65.4 cm³/mol. The minimum atomic E-state index is -0.985. The zero-order valence-electron chi connectivity index (χ0n) is 9.17. The Balaban J connectivity index is 2.11. The van der Waals surface area contributed by atoms with Gasteiger partial charge in [-0.05, 0) is 13.0 Å². The van der Waals surface area contributed by atoms with Gasteiger partial charge in [-0.25, -0.2) is 9.78 Å². The van der Waals surface area contributed by atoms with Crippen molar-refractivity contribution in [3.63, 3.8) is 0 Å². The van der Waals surface area contributed by atoms with E-state index in [0.29, 0.717) is 12.2 Å². The van der Waals surface area contributed by atoms with Crippen LogP contribution in [0.25, 0.3) is 0 Å². The number of hydrogen-bond acceptors (Lipinski definition) is 5. The van der Waals surface area contributed by atoms with E-state index in [1.54, 1.807) is 29.8 Å². The lowest BCUT2D eigenvalue weighted by molar-refractivity contribution is 0.0697. The molecule has 0 bridgehead atoms. The molecule has 0 spiro atoms. The highest BCUT2D eigenvalue weighted by Crippen LogP contribution is 2.17. The van der Waals surface area contributed by atoms with Gasteiger partial charge in [-0.3, -0.25) is 4.98 Å². The van der Waals surface area contributed by atoms with Crippen LogP contribution in [0.1, 0.15) is 20.2 Å². The summed E-state index contributed by atoms with van der Waals surface area (Å²) in [5.74, 6) is -0.985. The Morgan fingerprint density at radius 2 is 2.35 bits per heavy atom. The second kappa shape index (κ2) is 4.92.